The highest BCUT2D eigenvalue weighted by molar-refractivity contribution is 5.89. The summed E-state index contributed by atoms with van der Waals surface area (Å²) in [5.74, 6) is 0. The summed E-state index contributed by atoms with van der Waals surface area (Å²) >= 11 is 0. The van der Waals surface area contributed by atoms with E-state index in [9.17, 15) is 0 Å². The summed E-state index contributed by atoms with van der Waals surface area (Å²) in [6.07, 6.45) is 23.1. The first kappa shape index (κ1) is 37.1. The van der Waals surface area contributed by atoms with Crippen LogP contribution < -0.4 is 9.91 Å². The van der Waals surface area contributed by atoms with Gasteiger partial charge in [0.1, 0.15) is 0 Å². The molecule has 2 atom stereocenters. The zero-order chi connectivity index (χ0) is 32.1. The number of hydrazone groups is 1. The standard InChI is InChI=1S/C41H68N4/c1-6-11-12-13-14-15-16-17-18-19-20-22-27-38(43(7-2)8-3)30-25-26-37-35-41(45(42-37)40-28-23-21-24-29-40)36-31-33-39(34-32-36)44(9-4)10-5/h21,23-24,28-29,31-34,38,41H,6-20,22,25-27,30,35H2,1-5H3. The molecule has 0 bridgehead atoms. The van der Waals surface area contributed by atoms with E-state index in [1.54, 1.807) is 0 Å². The highest BCUT2D eigenvalue weighted by Gasteiger charge is 2.29. The molecule has 4 heteroatoms. The van der Waals surface area contributed by atoms with Crippen molar-refractivity contribution in [3.05, 3.63) is 60.2 Å². The minimum atomic E-state index is 0.271. The highest BCUT2D eigenvalue weighted by Crippen LogP contribution is 2.37. The molecule has 0 radical (unpaired) electrons. The molecule has 0 aliphatic carbocycles. The van der Waals surface area contributed by atoms with Crippen LogP contribution in [-0.4, -0.2) is 42.8 Å². The Morgan fingerprint density at radius 1 is 0.644 bits per heavy atom. The van der Waals surface area contributed by atoms with Gasteiger partial charge in [0.2, 0.25) is 0 Å². The summed E-state index contributed by atoms with van der Waals surface area (Å²) in [5, 5.41) is 7.54. The molecular weight excluding hydrogens is 548 g/mol. The van der Waals surface area contributed by atoms with E-state index in [0.717, 1.165) is 39.0 Å². The summed E-state index contributed by atoms with van der Waals surface area (Å²) in [6, 6.07) is 21.0. The summed E-state index contributed by atoms with van der Waals surface area (Å²) < 4.78 is 0. The zero-order valence-corrected chi connectivity index (χ0v) is 30.0. The fourth-order valence-corrected chi connectivity index (χ4v) is 7.31. The van der Waals surface area contributed by atoms with E-state index in [2.05, 4.69) is 104 Å². The van der Waals surface area contributed by atoms with Crippen LogP contribution in [0.5, 0.6) is 0 Å². The van der Waals surface area contributed by atoms with E-state index in [1.807, 2.05) is 0 Å². The van der Waals surface area contributed by atoms with Crippen LogP contribution in [0.4, 0.5) is 11.4 Å². The van der Waals surface area contributed by atoms with Crippen molar-refractivity contribution < 1.29 is 0 Å². The third-order valence-corrected chi connectivity index (χ3v) is 10.1. The first-order chi connectivity index (χ1) is 22.1. The molecule has 0 N–H and O–H groups in total. The molecule has 0 saturated heterocycles. The molecule has 1 aliphatic heterocycles. The first-order valence-corrected chi connectivity index (χ1v) is 19.1. The predicted octanol–water partition coefficient (Wildman–Crippen LogP) is 11.8. The van der Waals surface area contributed by atoms with Gasteiger partial charge in [-0.2, -0.15) is 5.10 Å². The normalized spacial score (nSPS) is 15.6. The van der Waals surface area contributed by atoms with Crippen molar-refractivity contribution >= 4 is 17.1 Å². The van der Waals surface area contributed by atoms with E-state index in [0.29, 0.717) is 6.04 Å². The smallest absolute Gasteiger partial charge is 0.0828 e. The van der Waals surface area contributed by atoms with Crippen molar-refractivity contribution in [1.29, 1.82) is 0 Å². The molecule has 1 aliphatic rings. The maximum absolute atomic E-state index is 5.25. The molecule has 0 spiro atoms. The van der Waals surface area contributed by atoms with Gasteiger partial charge in [0, 0.05) is 37.0 Å². The van der Waals surface area contributed by atoms with Gasteiger partial charge in [-0.25, -0.2) is 0 Å². The van der Waals surface area contributed by atoms with Crippen molar-refractivity contribution in [1.82, 2.24) is 4.90 Å². The highest BCUT2D eigenvalue weighted by atomic mass is 15.5. The van der Waals surface area contributed by atoms with E-state index in [4.69, 9.17) is 5.10 Å². The van der Waals surface area contributed by atoms with Crippen molar-refractivity contribution in [2.45, 2.75) is 156 Å². The van der Waals surface area contributed by atoms with E-state index in [-0.39, 0.29) is 6.04 Å². The first-order valence-electron chi connectivity index (χ1n) is 19.1. The Labute approximate surface area is 278 Å². The third kappa shape index (κ3) is 12.8. The van der Waals surface area contributed by atoms with Gasteiger partial charge >= 0.3 is 0 Å². The Kier molecular flexibility index (Phi) is 18.4. The van der Waals surface area contributed by atoms with Gasteiger partial charge in [0.25, 0.3) is 0 Å². The Bertz CT molecular complexity index is 1030. The number of para-hydroxylation sites is 1. The number of hydrogen-bond acceptors (Lipinski definition) is 4. The van der Waals surface area contributed by atoms with E-state index in [1.165, 1.54) is 119 Å². The lowest BCUT2D eigenvalue weighted by molar-refractivity contribution is 0.189. The van der Waals surface area contributed by atoms with Gasteiger partial charge < -0.3 is 9.80 Å². The second-order valence-electron chi connectivity index (χ2n) is 13.3. The summed E-state index contributed by atoms with van der Waals surface area (Å²) in [7, 11) is 0. The minimum absolute atomic E-state index is 0.271. The maximum Gasteiger partial charge on any atom is 0.0828 e. The number of unbranched alkanes of at least 4 members (excludes halogenated alkanes) is 11. The molecule has 0 fully saturated rings. The molecule has 2 unspecified atom stereocenters. The molecule has 45 heavy (non-hydrogen) atoms. The number of rotatable bonds is 25. The van der Waals surface area contributed by atoms with Gasteiger partial charge in [-0.05, 0) is 82.4 Å². The van der Waals surface area contributed by atoms with Gasteiger partial charge in [-0.1, -0.05) is 128 Å². The lowest BCUT2D eigenvalue weighted by Crippen LogP contribution is -2.35. The van der Waals surface area contributed by atoms with Gasteiger partial charge in [0.05, 0.1) is 11.7 Å². The van der Waals surface area contributed by atoms with Crippen molar-refractivity contribution in [3.8, 4) is 0 Å². The molecule has 4 nitrogen and oxygen atoms in total. The Morgan fingerprint density at radius 3 is 1.76 bits per heavy atom. The lowest BCUT2D eigenvalue weighted by Gasteiger charge is -2.30. The molecular formula is C41H68N4. The van der Waals surface area contributed by atoms with Gasteiger partial charge in [-0.15, -0.1) is 0 Å². The van der Waals surface area contributed by atoms with Crippen LogP contribution in [0.25, 0.3) is 0 Å². The summed E-state index contributed by atoms with van der Waals surface area (Å²) in [5.41, 5.74) is 5.23. The van der Waals surface area contributed by atoms with Crippen LogP contribution >= 0.6 is 0 Å². The van der Waals surface area contributed by atoms with Crippen molar-refractivity contribution in [3.63, 3.8) is 0 Å². The molecule has 0 aromatic heterocycles. The topological polar surface area (TPSA) is 22.1 Å². The van der Waals surface area contributed by atoms with E-state index >= 15 is 0 Å². The SMILES string of the molecule is CCCCCCCCCCCCCCC(CCCC1=NN(c2ccccc2)C(c2ccc(N(CC)CC)cc2)C1)N(CC)CC. The van der Waals surface area contributed by atoms with Crippen LogP contribution in [0.3, 0.4) is 0 Å². The van der Waals surface area contributed by atoms with Crippen molar-refractivity contribution in [2.24, 2.45) is 5.10 Å². The quantitative estimate of drug-likeness (QED) is 0.104. The minimum Gasteiger partial charge on any atom is -0.372 e. The Hall–Kier alpha value is -2.33. The van der Waals surface area contributed by atoms with Crippen molar-refractivity contribution in [2.75, 3.05) is 36.1 Å². The summed E-state index contributed by atoms with van der Waals surface area (Å²) in [6.45, 7) is 15.8. The van der Waals surface area contributed by atoms with Crippen LogP contribution in [0.15, 0.2) is 59.7 Å². The fraction of sp³-hybridized carbons (Fsp3) is 0.683. The van der Waals surface area contributed by atoms with Crippen LogP contribution in [-0.2, 0) is 0 Å². The Balaban J connectivity index is 1.48. The number of nitrogens with zero attached hydrogens (tertiary/aromatic N) is 4. The lowest BCUT2D eigenvalue weighted by atomic mass is 9.96. The van der Waals surface area contributed by atoms with Crippen LogP contribution in [0.1, 0.15) is 155 Å². The summed E-state index contributed by atoms with van der Waals surface area (Å²) in [4.78, 5) is 5.13. The zero-order valence-electron chi connectivity index (χ0n) is 30.0. The average molecular weight is 617 g/mol. The van der Waals surface area contributed by atoms with Gasteiger partial charge in [-0.3, -0.25) is 5.01 Å². The molecule has 3 rings (SSSR count). The molecule has 0 amide bonds. The van der Waals surface area contributed by atoms with Crippen LogP contribution in [0.2, 0.25) is 0 Å². The average Bonchev–Trinajstić information content (AvgIpc) is 3.51. The van der Waals surface area contributed by atoms with Gasteiger partial charge in [0.15, 0.2) is 0 Å². The van der Waals surface area contributed by atoms with Crippen LogP contribution in [0, 0.1) is 0 Å². The Morgan fingerprint density at radius 2 is 1.20 bits per heavy atom. The fourth-order valence-electron chi connectivity index (χ4n) is 7.31. The third-order valence-electron chi connectivity index (χ3n) is 10.1. The molecule has 1 heterocycles. The number of anilines is 2. The largest absolute Gasteiger partial charge is 0.372 e. The second kappa shape index (κ2) is 22.2. The monoisotopic (exact) mass is 617 g/mol. The predicted molar refractivity (Wildman–Crippen MR) is 200 cm³/mol. The molecule has 2 aromatic carbocycles. The number of hydrogen-bond donors (Lipinski definition) is 0. The molecule has 252 valence electrons. The van der Waals surface area contributed by atoms with E-state index < -0.39 is 0 Å². The maximum atomic E-state index is 5.25. The molecule has 0 saturated carbocycles. The molecule has 2 aromatic rings. The number of benzene rings is 2. The second-order valence-corrected chi connectivity index (χ2v) is 13.3.